The molecular formula is C24H28N2O4S2. The van der Waals surface area contributed by atoms with Crippen LogP contribution >= 0.6 is 11.8 Å². The molecule has 2 fully saturated rings. The molecule has 2 saturated heterocycles. The Balaban J connectivity index is 1.56. The number of anilines is 1. The number of ether oxygens (including phenoxy) is 1. The number of fused-ring (bicyclic) bond motifs is 1. The second-order valence-electron chi connectivity index (χ2n) is 8.18. The number of amides is 1. The molecule has 0 radical (unpaired) electrons. The number of amidine groups is 1. The molecule has 0 N–H and O–H groups in total. The molecule has 2 heterocycles. The van der Waals surface area contributed by atoms with Crippen LogP contribution in [-0.4, -0.2) is 42.3 Å². The number of carbonyl (C=O) groups is 1. The van der Waals surface area contributed by atoms with Gasteiger partial charge in [0.25, 0.3) is 5.91 Å². The van der Waals surface area contributed by atoms with E-state index in [2.05, 4.69) is 4.99 Å². The van der Waals surface area contributed by atoms with Gasteiger partial charge in [-0.25, -0.2) is 8.42 Å². The first-order valence-electron chi connectivity index (χ1n) is 11.0. The predicted molar refractivity (Wildman–Crippen MR) is 130 cm³/mol. The van der Waals surface area contributed by atoms with Crippen LogP contribution in [0.5, 0.6) is 5.75 Å². The first-order valence-corrected chi connectivity index (χ1v) is 13.7. The van der Waals surface area contributed by atoms with Crippen LogP contribution in [0, 0.1) is 5.92 Å². The zero-order chi connectivity index (χ0) is 22.7. The van der Waals surface area contributed by atoms with Crippen molar-refractivity contribution in [3.8, 4) is 5.75 Å². The highest BCUT2D eigenvalue weighted by molar-refractivity contribution is 8.16. The monoisotopic (exact) mass is 472 g/mol. The fraction of sp³-hybridized carbons (Fsp3) is 0.417. The predicted octanol–water partition coefficient (Wildman–Crippen LogP) is 4.30. The molecule has 0 spiro atoms. The Hall–Kier alpha value is -2.32. The second kappa shape index (κ2) is 9.67. The highest BCUT2D eigenvalue weighted by Crippen LogP contribution is 2.41. The Morgan fingerprint density at radius 2 is 1.78 bits per heavy atom. The highest BCUT2D eigenvalue weighted by Gasteiger charge is 2.49. The van der Waals surface area contributed by atoms with Crippen LogP contribution in [0.15, 0.2) is 59.6 Å². The van der Waals surface area contributed by atoms with Crippen molar-refractivity contribution >= 4 is 38.4 Å². The fourth-order valence-corrected chi connectivity index (χ4v) is 8.05. The summed E-state index contributed by atoms with van der Waals surface area (Å²) in [5.74, 6) is 0.687. The molecule has 2 aromatic carbocycles. The van der Waals surface area contributed by atoms with Crippen LogP contribution in [0.1, 0.15) is 32.3 Å². The third-order valence-corrected chi connectivity index (χ3v) is 9.18. The molecule has 0 aromatic heterocycles. The topological polar surface area (TPSA) is 76.0 Å². The number of carbonyl (C=O) groups excluding carboxylic acids is 1. The third kappa shape index (κ3) is 5.02. The maximum atomic E-state index is 12.7. The van der Waals surface area contributed by atoms with Crippen LogP contribution in [-0.2, 0) is 21.2 Å². The molecule has 32 heavy (non-hydrogen) atoms. The van der Waals surface area contributed by atoms with Crippen molar-refractivity contribution in [2.45, 2.75) is 44.6 Å². The summed E-state index contributed by atoms with van der Waals surface area (Å²) in [6, 6.07) is 17.3. The van der Waals surface area contributed by atoms with Crippen LogP contribution in [0.4, 0.5) is 5.69 Å². The zero-order valence-corrected chi connectivity index (χ0v) is 19.9. The minimum atomic E-state index is -3.10. The molecule has 1 amide bonds. The molecule has 8 heteroatoms. The number of aliphatic imine (C=N–C) groups is 1. The summed E-state index contributed by atoms with van der Waals surface area (Å²) in [5, 5.41) is 0.493. The lowest BCUT2D eigenvalue weighted by molar-refractivity contribution is -0.121. The number of nitrogens with zero attached hydrogens (tertiary/aromatic N) is 2. The summed E-state index contributed by atoms with van der Waals surface area (Å²) in [6.45, 7) is 4.45. The quantitative estimate of drug-likeness (QED) is 0.598. The molecule has 0 aliphatic carbocycles. The molecule has 2 aliphatic rings. The Labute approximate surface area is 194 Å². The van der Waals surface area contributed by atoms with Crippen LogP contribution in [0.2, 0.25) is 0 Å². The van der Waals surface area contributed by atoms with Gasteiger partial charge in [0, 0.05) is 16.9 Å². The van der Waals surface area contributed by atoms with Crippen molar-refractivity contribution in [2.24, 2.45) is 10.9 Å². The zero-order valence-electron chi connectivity index (χ0n) is 18.3. The van der Waals surface area contributed by atoms with E-state index in [1.54, 1.807) is 0 Å². The number of sulfone groups is 1. The Bertz CT molecular complexity index is 1080. The molecule has 2 aliphatic heterocycles. The molecule has 170 valence electrons. The molecule has 6 nitrogen and oxygen atoms in total. The minimum absolute atomic E-state index is 0.0785. The summed E-state index contributed by atoms with van der Waals surface area (Å²) < 4.78 is 30.4. The average Bonchev–Trinajstić information content (AvgIpc) is 3.25. The van der Waals surface area contributed by atoms with Crippen molar-refractivity contribution in [2.75, 3.05) is 16.4 Å². The van der Waals surface area contributed by atoms with Crippen molar-refractivity contribution in [1.29, 1.82) is 0 Å². The third-order valence-electron chi connectivity index (χ3n) is 5.97. The minimum Gasteiger partial charge on any atom is -0.489 e. The SMILES string of the molecule is CCC(CC)C(=O)N=C1S[C@@H]2CS(=O)(=O)C[C@H]2N1c1ccc(OCc2ccccc2)cc1. The number of rotatable bonds is 7. The second-order valence-corrected chi connectivity index (χ2v) is 11.5. The van der Waals surface area contributed by atoms with Gasteiger partial charge in [-0.15, -0.1) is 0 Å². The van der Waals surface area contributed by atoms with Crippen LogP contribution in [0.3, 0.4) is 0 Å². The Morgan fingerprint density at radius 1 is 1.09 bits per heavy atom. The molecule has 2 aromatic rings. The van der Waals surface area contributed by atoms with E-state index in [0.717, 1.165) is 29.8 Å². The number of thioether (sulfide) groups is 1. The molecule has 0 unspecified atom stereocenters. The van der Waals surface area contributed by atoms with Gasteiger partial charge in [0.2, 0.25) is 0 Å². The van der Waals surface area contributed by atoms with Gasteiger partial charge in [-0.05, 0) is 42.7 Å². The lowest BCUT2D eigenvalue weighted by Gasteiger charge is -2.25. The van der Waals surface area contributed by atoms with E-state index in [1.165, 1.54) is 11.8 Å². The van der Waals surface area contributed by atoms with E-state index in [9.17, 15) is 13.2 Å². The lowest BCUT2D eigenvalue weighted by Crippen LogP contribution is -2.37. The average molecular weight is 473 g/mol. The molecule has 0 bridgehead atoms. The van der Waals surface area contributed by atoms with E-state index in [4.69, 9.17) is 4.74 Å². The summed E-state index contributed by atoms with van der Waals surface area (Å²) in [4.78, 5) is 19.1. The van der Waals surface area contributed by atoms with Gasteiger partial charge in [0.15, 0.2) is 15.0 Å². The maximum absolute atomic E-state index is 12.7. The largest absolute Gasteiger partial charge is 0.489 e. The highest BCUT2D eigenvalue weighted by atomic mass is 32.2. The van der Waals surface area contributed by atoms with Crippen LogP contribution < -0.4 is 9.64 Å². The van der Waals surface area contributed by atoms with Gasteiger partial charge in [0.1, 0.15) is 12.4 Å². The van der Waals surface area contributed by atoms with Gasteiger partial charge in [-0.3, -0.25) is 4.79 Å². The summed E-state index contributed by atoms with van der Waals surface area (Å²) in [7, 11) is -3.10. The number of hydrogen-bond donors (Lipinski definition) is 0. The summed E-state index contributed by atoms with van der Waals surface area (Å²) >= 11 is 1.41. The molecule has 0 saturated carbocycles. The molecule has 4 rings (SSSR count). The van der Waals surface area contributed by atoms with Gasteiger partial charge >= 0.3 is 0 Å². The normalized spacial score (nSPS) is 23.0. The van der Waals surface area contributed by atoms with Gasteiger partial charge in [-0.1, -0.05) is 55.9 Å². The summed E-state index contributed by atoms with van der Waals surface area (Å²) in [5.41, 5.74) is 1.91. The first-order chi connectivity index (χ1) is 15.4. The van der Waals surface area contributed by atoms with E-state index >= 15 is 0 Å². The van der Waals surface area contributed by atoms with Gasteiger partial charge in [-0.2, -0.15) is 4.99 Å². The fourth-order valence-electron chi connectivity index (χ4n) is 4.13. The standard InChI is InChI=1S/C24H28N2O4S2/c1-3-18(4-2)23(27)25-24-26(21-15-32(28,29)16-22(21)31-24)19-10-12-20(13-11-19)30-14-17-8-6-5-7-9-17/h5-13,18,21-22H,3-4,14-16H2,1-2H3/t21-,22-/m1/s1. The van der Waals surface area contributed by atoms with E-state index in [1.807, 2.05) is 73.3 Å². The molecular weight excluding hydrogens is 444 g/mol. The number of benzene rings is 2. The van der Waals surface area contributed by atoms with Crippen molar-refractivity contribution < 1.29 is 17.9 Å². The van der Waals surface area contributed by atoms with Crippen LogP contribution in [0.25, 0.3) is 0 Å². The van der Waals surface area contributed by atoms with Crippen molar-refractivity contribution in [3.63, 3.8) is 0 Å². The van der Waals surface area contributed by atoms with Crippen molar-refractivity contribution in [3.05, 3.63) is 60.2 Å². The Kier molecular flexibility index (Phi) is 6.90. The smallest absolute Gasteiger partial charge is 0.251 e. The Morgan fingerprint density at radius 3 is 2.44 bits per heavy atom. The van der Waals surface area contributed by atoms with Gasteiger partial charge in [0.05, 0.1) is 17.5 Å². The van der Waals surface area contributed by atoms with E-state index < -0.39 is 9.84 Å². The molecule has 2 atom stereocenters. The van der Waals surface area contributed by atoms with E-state index in [0.29, 0.717) is 11.8 Å². The van der Waals surface area contributed by atoms with Gasteiger partial charge < -0.3 is 9.64 Å². The van der Waals surface area contributed by atoms with Crippen molar-refractivity contribution in [1.82, 2.24) is 0 Å². The number of hydrogen-bond acceptors (Lipinski definition) is 5. The van der Waals surface area contributed by atoms with E-state index in [-0.39, 0.29) is 34.6 Å². The first kappa shape index (κ1) is 22.9. The lowest BCUT2D eigenvalue weighted by atomic mass is 10.0. The summed E-state index contributed by atoms with van der Waals surface area (Å²) in [6.07, 6.45) is 1.48. The maximum Gasteiger partial charge on any atom is 0.251 e.